The second kappa shape index (κ2) is 7.17. The SMILES string of the molecule is CCC(CC(=O)O)Cn1nnnc1Cc1ccc(Cl)cc1. The summed E-state index contributed by atoms with van der Waals surface area (Å²) in [6.07, 6.45) is 1.48. The van der Waals surface area contributed by atoms with E-state index in [1.54, 1.807) is 4.68 Å². The lowest BCUT2D eigenvalue weighted by Crippen LogP contribution is -2.17. The molecule has 1 heterocycles. The molecule has 6 nitrogen and oxygen atoms in total. The number of rotatable bonds is 7. The van der Waals surface area contributed by atoms with Crippen LogP contribution < -0.4 is 0 Å². The first-order chi connectivity index (χ1) is 10.1. The zero-order chi connectivity index (χ0) is 15.2. The van der Waals surface area contributed by atoms with Gasteiger partial charge in [-0.15, -0.1) is 5.10 Å². The maximum atomic E-state index is 10.8. The molecule has 0 aliphatic heterocycles. The second-order valence-electron chi connectivity index (χ2n) is 4.95. The third-order valence-corrected chi connectivity index (χ3v) is 3.61. The first-order valence-corrected chi connectivity index (χ1v) is 7.17. The predicted molar refractivity (Wildman–Crippen MR) is 78.1 cm³/mol. The summed E-state index contributed by atoms with van der Waals surface area (Å²) < 4.78 is 1.69. The molecule has 21 heavy (non-hydrogen) atoms. The van der Waals surface area contributed by atoms with Crippen molar-refractivity contribution in [1.29, 1.82) is 0 Å². The molecule has 1 atom stereocenters. The number of nitrogens with zero attached hydrogens (tertiary/aromatic N) is 4. The highest BCUT2D eigenvalue weighted by Gasteiger charge is 2.15. The molecule has 0 fully saturated rings. The number of aliphatic carboxylic acids is 1. The van der Waals surface area contributed by atoms with Gasteiger partial charge in [-0.1, -0.05) is 37.1 Å². The molecule has 112 valence electrons. The van der Waals surface area contributed by atoms with Gasteiger partial charge in [-0.2, -0.15) is 0 Å². The monoisotopic (exact) mass is 308 g/mol. The number of halogens is 1. The van der Waals surface area contributed by atoms with Crippen molar-refractivity contribution in [3.05, 3.63) is 40.7 Å². The Kier molecular flexibility index (Phi) is 5.27. The van der Waals surface area contributed by atoms with E-state index >= 15 is 0 Å². The summed E-state index contributed by atoms with van der Waals surface area (Å²) in [4.78, 5) is 10.8. The summed E-state index contributed by atoms with van der Waals surface area (Å²) in [5, 5.41) is 21.3. The zero-order valence-electron chi connectivity index (χ0n) is 11.7. The van der Waals surface area contributed by atoms with E-state index in [0.29, 0.717) is 18.0 Å². The van der Waals surface area contributed by atoms with Crippen LogP contribution in [0, 0.1) is 5.92 Å². The van der Waals surface area contributed by atoms with E-state index in [4.69, 9.17) is 16.7 Å². The van der Waals surface area contributed by atoms with E-state index in [0.717, 1.165) is 17.8 Å². The molecule has 0 aliphatic carbocycles. The fraction of sp³-hybridized carbons (Fsp3) is 0.429. The molecule has 0 spiro atoms. The van der Waals surface area contributed by atoms with Crippen LogP contribution in [0.1, 0.15) is 31.2 Å². The zero-order valence-corrected chi connectivity index (χ0v) is 12.5. The Bertz CT molecular complexity index is 597. The number of benzene rings is 1. The van der Waals surface area contributed by atoms with Crippen LogP contribution in [0.15, 0.2) is 24.3 Å². The minimum Gasteiger partial charge on any atom is -0.481 e. The molecule has 0 aliphatic rings. The highest BCUT2D eigenvalue weighted by Crippen LogP contribution is 2.15. The van der Waals surface area contributed by atoms with Crippen LogP contribution in [0.2, 0.25) is 5.02 Å². The maximum absolute atomic E-state index is 10.8. The van der Waals surface area contributed by atoms with Crippen molar-refractivity contribution in [3.63, 3.8) is 0 Å². The van der Waals surface area contributed by atoms with Crippen LogP contribution in [0.5, 0.6) is 0 Å². The Hall–Kier alpha value is -1.95. The number of carboxylic acid groups (broad SMARTS) is 1. The topological polar surface area (TPSA) is 80.9 Å². The number of hydrogen-bond donors (Lipinski definition) is 1. The Morgan fingerprint density at radius 3 is 2.71 bits per heavy atom. The van der Waals surface area contributed by atoms with Crippen molar-refractivity contribution < 1.29 is 9.90 Å². The van der Waals surface area contributed by atoms with Gasteiger partial charge in [0.1, 0.15) is 0 Å². The molecule has 1 N–H and O–H groups in total. The van der Waals surface area contributed by atoms with Gasteiger partial charge in [-0.25, -0.2) is 4.68 Å². The number of carbonyl (C=O) groups is 1. The molecule has 1 aromatic heterocycles. The third kappa shape index (κ3) is 4.53. The summed E-state index contributed by atoms with van der Waals surface area (Å²) in [5.41, 5.74) is 1.06. The lowest BCUT2D eigenvalue weighted by Gasteiger charge is -2.13. The Morgan fingerprint density at radius 1 is 1.38 bits per heavy atom. The van der Waals surface area contributed by atoms with Crippen LogP contribution in [-0.4, -0.2) is 31.3 Å². The number of tetrazole rings is 1. The van der Waals surface area contributed by atoms with Gasteiger partial charge < -0.3 is 5.11 Å². The minimum absolute atomic E-state index is 0.0231. The standard InChI is InChI=1S/C14H17ClN4O2/c1-2-10(8-14(20)21)9-19-13(16-17-18-19)7-11-3-5-12(15)6-4-11/h3-6,10H,2,7-9H2,1H3,(H,20,21). The van der Waals surface area contributed by atoms with E-state index in [-0.39, 0.29) is 12.3 Å². The van der Waals surface area contributed by atoms with Gasteiger partial charge in [0.15, 0.2) is 5.82 Å². The lowest BCUT2D eigenvalue weighted by molar-refractivity contribution is -0.138. The van der Waals surface area contributed by atoms with Gasteiger partial charge in [0.25, 0.3) is 0 Å². The van der Waals surface area contributed by atoms with Crippen molar-refractivity contribution in [1.82, 2.24) is 20.2 Å². The van der Waals surface area contributed by atoms with E-state index in [2.05, 4.69) is 15.5 Å². The average molecular weight is 309 g/mol. The summed E-state index contributed by atoms with van der Waals surface area (Å²) in [7, 11) is 0. The number of hydrogen-bond acceptors (Lipinski definition) is 4. The van der Waals surface area contributed by atoms with Crippen LogP contribution >= 0.6 is 11.6 Å². The Labute approximate surface area is 127 Å². The summed E-state index contributed by atoms with van der Waals surface area (Å²) in [5.74, 6) is -0.0506. The molecule has 1 unspecified atom stereocenters. The lowest BCUT2D eigenvalue weighted by atomic mass is 10.0. The van der Waals surface area contributed by atoms with Gasteiger partial charge in [0, 0.05) is 24.4 Å². The second-order valence-corrected chi connectivity index (χ2v) is 5.39. The van der Waals surface area contributed by atoms with E-state index < -0.39 is 5.97 Å². The van der Waals surface area contributed by atoms with E-state index in [9.17, 15) is 4.79 Å². The van der Waals surface area contributed by atoms with Crippen LogP contribution in [0.4, 0.5) is 0 Å². The van der Waals surface area contributed by atoms with Crippen molar-refractivity contribution >= 4 is 17.6 Å². The third-order valence-electron chi connectivity index (χ3n) is 3.35. The molecular weight excluding hydrogens is 292 g/mol. The molecule has 0 saturated carbocycles. The molecule has 0 bridgehead atoms. The summed E-state index contributed by atoms with van der Waals surface area (Å²) in [6, 6.07) is 7.50. The van der Waals surface area contributed by atoms with Crippen molar-refractivity contribution in [2.24, 2.45) is 5.92 Å². The molecule has 7 heteroatoms. The first-order valence-electron chi connectivity index (χ1n) is 6.79. The van der Waals surface area contributed by atoms with Gasteiger partial charge in [0.05, 0.1) is 0 Å². The van der Waals surface area contributed by atoms with Crippen LogP contribution in [0.25, 0.3) is 0 Å². The Morgan fingerprint density at radius 2 is 2.10 bits per heavy atom. The van der Waals surface area contributed by atoms with Crippen LogP contribution in [-0.2, 0) is 17.8 Å². The molecule has 1 aromatic carbocycles. The normalized spacial score (nSPS) is 12.3. The smallest absolute Gasteiger partial charge is 0.303 e. The van der Waals surface area contributed by atoms with Crippen molar-refractivity contribution in [2.75, 3.05) is 0 Å². The summed E-state index contributed by atoms with van der Waals surface area (Å²) in [6.45, 7) is 2.48. The van der Waals surface area contributed by atoms with Gasteiger partial charge >= 0.3 is 5.97 Å². The van der Waals surface area contributed by atoms with Crippen molar-refractivity contribution in [3.8, 4) is 0 Å². The number of aromatic nitrogens is 4. The van der Waals surface area contributed by atoms with Gasteiger partial charge in [0.2, 0.25) is 0 Å². The maximum Gasteiger partial charge on any atom is 0.303 e. The van der Waals surface area contributed by atoms with Crippen molar-refractivity contribution in [2.45, 2.75) is 32.7 Å². The molecule has 0 radical (unpaired) electrons. The highest BCUT2D eigenvalue weighted by atomic mass is 35.5. The minimum atomic E-state index is -0.797. The fourth-order valence-corrected chi connectivity index (χ4v) is 2.23. The largest absolute Gasteiger partial charge is 0.481 e. The molecule has 0 amide bonds. The van der Waals surface area contributed by atoms with E-state index in [1.807, 2.05) is 31.2 Å². The predicted octanol–water partition coefficient (Wildman–Crippen LogP) is 2.42. The Balaban J connectivity index is 2.07. The first kappa shape index (κ1) is 15.4. The summed E-state index contributed by atoms with van der Waals surface area (Å²) >= 11 is 5.86. The fourth-order valence-electron chi connectivity index (χ4n) is 2.11. The molecule has 2 rings (SSSR count). The molecular formula is C14H17ClN4O2. The molecule has 2 aromatic rings. The molecule has 0 saturated heterocycles. The van der Waals surface area contributed by atoms with Crippen LogP contribution in [0.3, 0.4) is 0 Å². The quantitative estimate of drug-likeness (QED) is 0.849. The van der Waals surface area contributed by atoms with Gasteiger partial charge in [-0.3, -0.25) is 4.79 Å². The van der Waals surface area contributed by atoms with E-state index in [1.165, 1.54) is 0 Å². The average Bonchev–Trinajstić information content (AvgIpc) is 2.87. The van der Waals surface area contributed by atoms with Gasteiger partial charge in [-0.05, 0) is 34.0 Å². The number of carboxylic acids is 1. The highest BCUT2D eigenvalue weighted by molar-refractivity contribution is 6.30.